The Bertz CT molecular complexity index is 702. The molecule has 2 aromatic carbocycles. The number of methoxy groups -OCH3 is 2. The summed E-state index contributed by atoms with van der Waals surface area (Å²) in [5, 5.41) is 11.5. The molecule has 1 aliphatic rings. The van der Waals surface area contributed by atoms with Crippen LogP contribution in [0.15, 0.2) is 48.5 Å². The largest absolute Gasteiger partial charge is 0.497 e. The lowest BCUT2D eigenvalue weighted by atomic mass is 9.76. The van der Waals surface area contributed by atoms with E-state index in [0.29, 0.717) is 13.2 Å². The highest BCUT2D eigenvalue weighted by atomic mass is 16.7. The summed E-state index contributed by atoms with van der Waals surface area (Å²) in [4.78, 5) is 0. The van der Waals surface area contributed by atoms with Crippen LogP contribution in [0.5, 0.6) is 11.5 Å². The summed E-state index contributed by atoms with van der Waals surface area (Å²) in [5.41, 5.74) is 0.839. The normalized spacial score (nSPS) is 18.1. The van der Waals surface area contributed by atoms with Gasteiger partial charge in [0.2, 0.25) is 0 Å². The van der Waals surface area contributed by atoms with E-state index >= 15 is 0 Å². The molecule has 2 aromatic rings. The summed E-state index contributed by atoms with van der Waals surface area (Å²) in [6.45, 7) is 3.12. The Labute approximate surface area is 160 Å². The first kappa shape index (κ1) is 19.7. The number of rotatable bonds is 8. The van der Waals surface area contributed by atoms with Crippen LogP contribution < -0.4 is 9.47 Å². The van der Waals surface area contributed by atoms with Gasteiger partial charge >= 0.3 is 0 Å². The second kappa shape index (κ2) is 8.74. The van der Waals surface area contributed by atoms with Crippen molar-refractivity contribution in [2.75, 3.05) is 27.4 Å². The van der Waals surface area contributed by atoms with E-state index in [1.807, 2.05) is 55.5 Å². The lowest BCUT2D eigenvalue weighted by Crippen LogP contribution is -2.31. The Morgan fingerprint density at radius 3 is 2.00 bits per heavy atom. The number of aliphatic hydroxyl groups is 1. The van der Waals surface area contributed by atoms with Crippen LogP contribution in [0.4, 0.5) is 0 Å². The molecule has 1 N–H and O–H groups in total. The van der Waals surface area contributed by atoms with Crippen LogP contribution >= 0.6 is 0 Å². The molecule has 1 fully saturated rings. The third-order valence-corrected chi connectivity index (χ3v) is 5.25. The van der Waals surface area contributed by atoms with Gasteiger partial charge in [0.1, 0.15) is 11.5 Å². The van der Waals surface area contributed by atoms with Gasteiger partial charge in [-0.2, -0.15) is 0 Å². The molecule has 0 unspecified atom stereocenters. The Hall–Kier alpha value is -2.08. The van der Waals surface area contributed by atoms with Crippen LogP contribution in [0.1, 0.15) is 36.8 Å². The molecule has 146 valence electrons. The van der Waals surface area contributed by atoms with Gasteiger partial charge in [0.15, 0.2) is 6.29 Å². The molecule has 0 aromatic heterocycles. The molecule has 1 heterocycles. The van der Waals surface area contributed by atoms with E-state index in [-0.39, 0.29) is 12.2 Å². The number of ether oxygens (including phenoxy) is 4. The van der Waals surface area contributed by atoms with Gasteiger partial charge in [0.25, 0.3) is 0 Å². The second-order valence-corrected chi connectivity index (χ2v) is 6.95. The van der Waals surface area contributed by atoms with Crippen molar-refractivity contribution >= 4 is 0 Å². The first-order valence-corrected chi connectivity index (χ1v) is 9.28. The predicted octanol–water partition coefficient (Wildman–Crippen LogP) is 3.85. The van der Waals surface area contributed by atoms with E-state index in [1.165, 1.54) is 0 Å². The molecule has 0 radical (unpaired) electrons. The first-order valence-electron chi connectivity index (χ1n) is 9.28. The summed E-state index contributed by atoms with van der Waals surface area (Å²) in [7, 11) is 3.28. The summed E-state index contributed by atoms with van der Waals surface area (Å²) in [6, 6.07) is 15.5. The van der Waals surface area contributed by atoms with Gasteiger partial charge in [-0.1, -0.05) is 24.3 Å². The lowest BCUT2D eigenvalue weighted by Gasteiger charge is -2.34. The van der Waals surface area contributed by atoms with E-state index in [1.54, 1.807) is 14.2 Å². The maximum absolute atomic E-state index is 11.5. The van der Waals surface area contributed by atoms with Crippen molar-refractivity contribution < 1.29 is 24.1 Å². The SMILES string of the molecule is COc1ccc([C@@H](CCC2OCCO2)[C@@](C)(O)c2ccc(OC)cc2)cc1. The average molecular weight is 372 g/mol. The summed E-state index contributed by atoms with van der Waals surface area (Å²) in [5.74, 6) is 1.44. The molecule has 0 spiro atoms. The monoisotopic (exact) mass is 372 g/mol. The maximum atomic E-state index is 11.5. The minimum absolute atomic E-state index is 0.121. The van der Waals surface area contributed by atoms with Crippen molar-refractivity contribution in [2.45, 2.75) is 37.6 Å². The number of benzene rings is 2. The molecule has 2 atom stereocenters. The Balaban J connectivity index is 1.87. The molecule has 0 bridgehead atoms. The van der Waals surface area contributed by atoms with E-state index in [4.69, 9.17) is 18.9 Å². The summed E-state index contributed by atoms with van der Waals surface area (Å²) in [6.07, 6.45) is 1.26. The van der Waals surface area contributed by atoms with Crippen LogP contribution in [0.2, 0.25) is 0 Å². The first-order chi connectivity index (χ1) is 13.0. The minimum Gasteiger partial charge on any atom is -0.497 e. The van der Waals surface area contributed by atoms with Crippen LogP contribution in [0, 0.1) is 0 Å². The average Bonchev–Trinajstić information content (AvgIpc) is 3.22. The van der Waals surface area contributed by atoms with Gasteiger partial charge in [0, 0.05) is 5.92 Å². The molecule has 0 saturated carbocycles. The van der Waals surface area contributed by atoms with Crippen LogP contribution in [0.25, 0.3) is 0 Å². The van der Waals surface area contributed by atoms with Crippen molar-refractivity contribution in [2.24, 2.45) is 0 Å². The van der Waals surface area contributed by atoms with Crippen molar-refractivity contribution in [3.8, 4) is 11.5 Å². The van der Waals surface area contributed by atoms with Crippen molar-refractivity contribution in [1.29, 1.82) is 0 Å². The van der Waals surface area contributed by atoms with Crippen molar-refractivity contribution in [3.63, 3.8) is 0 Å². The molecule has 1 saturated heterocycles. The lowest BCUT2D eigenvalue weighted by molar-refractivity contribution is -0.0562. The van der Waals surface area contributed by atoms with Crippen molar-refractivity contribution in [3.05, 3.63) is 59.7 Å². The molecule has 5 heteroatoms. The van der Waals surface area contributed by atoms with Gasteiger partial charge in [-0.15, -0.1) is 0 Å². The Morgan fingerprint density at radius 1 is 0.963 bits per heavy atom. The van der Waals surface area contributed by atoms with E-state index in [0.717, 1.165) is 35.5 Å². The van der Waals surface area contributed by atoms with E-state index in [2.05, 4.69) is 0 Å². The van der Waals surface area contributed by atoms with Crippen LogP contribution in [-0.4, -0.2) is 38.8 Å². The maximum Gasteiger partial charge on any atom is 0.157 e. The predicted molar refractivity (Wildman–Crippen MR) is 103 cm³/mol. The fraction of sp³-hybridized carbons (Fsp3) is 0.455. The molecule has 0 aliphatic carbocycles. The molecule has 0 amide bonds. The highest BCUT2D eigenvalue weighted by Crippen LogP contribution is 2.41. The molecular weight excluding hydrogens is 344 g/mol. The molecule has 3 rings (SSSR count). The summed E-state index contributed by atoms with van der Waals surface area (Å²) < 4.78 is 21.7. The number of hydrogen-bond donors (Lipinski definition) is 1. The molecule has 5 nitrogen and oxygen atoms in total. The third kappa shape index (κ3) is 4.61. The standard InChI is InChI=1S/C22H28O5/c1-22(23,17-6-10-19(25-3)11-7-17)20(12-13-21-26-14-15-27-21)16-4-8-18(24-2)9-5-16/h4-11,20-21,23H,12-15H2,1-3H3/t20-,22+/m1/s1. The Kier molecular flexibility index (Phi) is 6.37. The third-order valence-electron chi connectivity index (χ3n) is 5.25. The summed E-state index contributed by atoms with van der Waals surface area (Å²) >= 11 is 0. The fourth-order valence-electron chi connectivity index (χ4n) is 3.61. The smallest absolute Gasteiger partial charge is 0.157 e. The molecule has 27 heavy (non-hydrogen) atoms. The van der Waals surface area contributed by atoms with Crippen molar-refractivity contribution in [1.82, 2.24) is 0 Å². The van der Waals surface area contributed by atoms with Gasteiger partial charge < -0.3 is 24.1 Å². The van der Waals surface area contributed by atoms with Gasteiger partial charge in [-0.05, 0) is 55.2 Å². The van der Waals surface area contributed by atoms with Gasteiger partial charge in [-0.3, -0.25) is 0 Å². The van der Waals surface area contributed by atoms with Gasteiger partial charge in [-0.25, -0.2) is 0 Å². The molecule has 1 aliphatic heterocycles. The molecular formula is C22H28O5. The second-order valence-electron chi connectivity index (χ2n) is 6.95. The van der Waals surface area contributed by atoms with Crippen LogP contribution in [-0.2, 0) is 15.1 Å². The number of hydrogen-bond acceptors (Lipinski definition) is 5. The van der Waals surface area contributed by atoms with Gasteiger partial charge in [0.05, 0.1) is 33.0 Å². The topological polar surface area (TPSA) is 57.2 Å². The minimum atomic E-state index is -1.06. The van der Waals surface area contributed by atoms with Crippen LogP contribution in [0.3, 0.4) is 0 Å². The zero-order chi connectivity index (χ0) is 19.3. The quantitative estimate of drug-likeness (QED) is 0.763. The zero-order valence-corrected chi connectivity index (χ0v) is 16.2. The van der Waals surface area contributed by atoms with E-state index in [9.17, 15) is 5.11 Å². The van der Waals surface area contributed by atoms with E-state index < -0.39 is 5.60 Å². The zero-order valence-electron chi connectivity index (χ0n) is 16.2. The highest BCUT2D eigenvalue weighted by Gasteiger charge is 2.35. The highest BCUT2D eigenvalue weighted by molar-refractivity contribution is 5.36. The Morgan fingerprint density at radius 2 is 1.48 bits per heavy atom. The fourth-order valence-corrected chi connectivity index (χ4v) is 3.61.